The zero-order chi connectivity index (χ0) is 10.7. The monoisotopic (exact) mass is 207 g/mol. The highest BCUT2D eigenvalue weighted by Gasteiger charge is 2.13. The molecule has 0 spiro atoms. The van der Waals surface area contributed by atoms with Gasteiger partial charge in [-0.3, -0.25) is 0 Å². The normalized spacial score (nSPS) is 15.9. The number of fused-ring (bicyclic) bond motifs is 1. The lowest BCUT2D eigenvalue weighted by molar-refractivity contribution is 0.167. The SMILES string of the molecule is NCCC(O)Cc1ccc2c(c1)CCO2. The van der Waals surface area contributed by atoms with Gasteiger partial charge in [0.05, 0.1) is 12.7 Å². The van der Waals surface area contributed by atoms with Crippen molar-refractivity contribution in [1.29, 1.82) is 0 Å². The molecule has 3 heteroatoms. The summed E-state index contributed by atoms with van der Waals surface area (Å²) in [6, 6.07) is 6.14. The number of aliphatic hydroxyl groups is 1. The van der Waals surface area contributed by atoms with Crippen LogP contribution < -0.4 is 10.5 Å². The van der Waals surface area contributed by atoms with Crippen molar-refractivity contribution in [2.75, 3.05) is 13.2 Å². The highest BCUT2D eigenvalue weighted by molar-refractivity contribution is 5.39. The van der Waals surface area contributed by atoms with Gasteiger partial charge in [-0.15, -0.1) is 0 Å². The van der Waals surface area contributed by atoms with E-state index in [2.05, 4.69) is 6.07 Å². The first kappa shape index (κ1) is 10.5. The van der Waals surface area contributed by atoms with Crippen LogP contribution in [0.25, 0.3) is 0 Å². The second-order valence-electron chi connectivity index (χ2n) is 3.98. The van der Waals surface area contributed by atoms with Crippen molar-refractivity contribution in [2.24, 2.45) is 5.73 Å². The van der Waals surface area contributed by atoms with Crippen molar-refractivity contribution in [3.63, 3.8) is 0 Å². The minimum absolute atomic E-state index is 0.324. The summed E-state index contributed by atoms with van der Waals surface area (Å²) >= 11 is 0. The first-order valence-corrected chi connectivity index (χ1v) is 5.42. The molecule has 1 atom stereocenters. The lowest BCUT2D eigenvalue weighted by atomic mass is 10.0. The van der Waals surface area contributed by atoms with Gasteiger partial charge in [0.1, 0.15) is 5.75 Å². The van der Waals surface area contributed by atoms with E-state index in [0.717, 1.165) is 18.8 Å². The fourth-order valence-electron chi connectivity index (χ4n) is 1.93. The molecule has 0 amide bonds. The Labute approximate surface area is 89.9 Å². The Morgan fingerprint density at radius 2 is 2.33 bits per heavy atom. The molecule has 0 fully saturated rings. The molecule has 3 N–H and O–H groups in total. The Hall–Kier alpha value is -1.06. The lowest BCUT2D eigenvalue weighted by Crippen LogP contribution is -2.15. The average Bonchev–Trinajstić information content (AvgIpc) is 2.65. The molecule has 1 aliphatic rings. The summed E-state index contributed by atoms with van der Waals surface area (Å²) in [7, 11) is 0. The summed E-state index contributed by atoms with van der Waals surface area (Å²) in [6.45, 7) is 1.32. The van der Waals surface area contributed by atoms with Crippen LogP contribution in [0.2, 0.25) is 0 Å². The smallest absolute Gasteiger partial charge is 0.122 e. The zero-order valence-electron chi connectivity index (χ0n) is 8.78. The predicted octanol–water partition coefficient (Wildman–Crippen LogP) is 0.874. The van der Waals surface area contributed by atoms with Crippen molar-refractivity contribution >= 4 is 0 Å². The van der Waals surface area contributed by atoms with E-state index < -0.39 is 0 Å². The maximum Gasteiger partial charge on any atom is 0.122 e. The van der Waals surface area contributed by atoms with Crippen LogP contribution >= 0.6 is 0 Å². The van der Waals surface area contributed by atoms with Crippen LogP contribution in [0.3, 0.4) is 0 Å². The zero-order valence-corrected chi connectivity index (χ0v) is 8.78. The molecule has 0 aliphatic carbocycles. The highest BCUT2D eigenvalue weighted by atomic mass is 16.5. The minimum atomic E-state index is -0.324. The maximum absolute atomic E-state index is 9.64. The van der Waals surface area contributed by atoms with Crippen LogP contribution in [0.5, 0.6) is 5.75 Å². The first-order valence-electron chi connectivity index (χ1n) is 5.42. The third kappa shape index (κ3) is 2.49. The Bertz CT molecular complexity index is 338. The molecule has 0 saturated heterocycles. The van der Waals surface area contributed by atoms with E-state index in [1.807, 2.05) is 12.1 Å². The van der Waals surface area contributed by atoms with Crippen molar-refractivity contribution < 1.29 is 9.84 Å². The van der Waals surface area contributed by atoms with Crippen LogP contribution in [0, 0.1) is 0 Å². The average molecular weight is 207 g/mol. The van der Waals surface area contributed by atoms with Gasteiger partial charge in [-0.05, 0) is 36.6 Å². The highest BCUT2D eigenvalue weighted by Crippen LogP contribution is 2.26. The molecule has 15 heavy (non-hydrogen) atoms. The fourth-order valence-corrected chi connectivity index (χ4v) is 1.93. The van der Waals surface area contributed by atoms with Crippen LogP contribution in [0.1, 0.15) is 17.5 Å². The Kier molecular flexibility index (Phi) is 3.23. The topological polar surface area (TPSA) is 55.5 Å². The second-order valence-corrected chi connectivity index (χ2v) is 3.98. The molecule has 1 aliphatic heterocycles. The number of ether oxygens (including phenoxy) is 1. The number of rotatable bonds is 4. The van der Waals surface area contributed by atoms with E-state index in [9.17, 15) is 5.11 Å². The first-order chi connectivity index (χ1) is 7.29. The number of hydrogen-bond donors (Lipinski definition) is 2. The molecular formula is C12H17NO2. The van der Waals surface area contributed by atoms with E-state index >= 15 is 0 Å². The third-order valence-electron chi connectivity index (χ3n) is 2.73. The van der Waals surface area contributed by atoms with E-state index in [1.54, 1.807) is 0 Å². The number of benzene rings is 1. The molecule has 1 aromatic carbocycles. The molecule has 1 heterocycles. The van der Waals surface area contributed by atoms with Gasteiger partial charge in [-0.2, -0.15) is 0 Å². The van der Waals surface area contributed by atoms with Gasteiger partial charge in [0.25, 0.3) is 0 Å². The van der Waals surface area contributed by atoms with E-state index in [1.165, 1.54) is 11.1 Å². The molecule has 0 radical (unpaired) electrons. The molecular weight excluding hydrogens is 190 g/mol. The Morgan fingerprint density at radius 1 is 1.47 bits per heavy atom. The summed E-state index contributed by atoms with van der Waals surface area (Å²) in [5.74, 6) is 0.993. The van der Waals surface area contributed by atoms with Crippen molar-refractivity contribution in [3.05, 3.63) is 29.3 Å². The summed E-state index contributed by atoms with van der Waals surface area (Å²) < 4.78 is 5.42. The maximum atomic E-state index is 9.64. The summed E-state index contributed by atoms with van der Waals surface area (Å²) in [6.07, 6.45) is 2.00. The van der Waals surface area contributed by atoms with Crippen molar-refractivity contribution in [2.45, 2.75) is 25.4 Å². The third-order valence-corrected chi connectivity index (χ3v) is 2.73. The molecule has 1 unspecified atom stereocenters. The van der Waals surface area contributed by atoms with Gasteiger partial charge in [0.2, 0.25) is 0 Å². The summed E-state index contributed by atoms with van der Waals surface area (Å²) in [4.78, 5) is 0. The molecule has 82 valence electrons. The number of nitrogens with two attached hydrogens (primary N) is 1. The van der Waals surface area contributed by atoms with Gasteiger partial charge in [-0.1, -0.05) is 12.1 Å². The van der Waals surface area contributed by atoms with Crippen LogP contribution in [-0.2, 0) is 12.8 Å². The van der Waals surface area contributed by atoms with Gasteiger partial charge in [-0.25, -0.2) is 0 Å². The van der Waals surface area contributed by atoms with Crippen molar-refractivity contribution in [1.82, 2.24) is 0 Å². The molecule has 2 rings (SSSR count). The van der Waals surface area contributed by atoms with Crippen molar-refractivity contribution in [3.8, 4) is 5.75 Å². The van der Waals surface area contributed by atoms with Crippen LogP contribution in [0.15, 0.2) is 18.2 Å². The minimum Gasteiger partial charge on any atom is -0.493 e. The molecule has 0 saturated carbocycles. The summed E-state index contributed by atoms with van der Waals surface area (Å²) in [5.41, 5.74) is 7.82. The Morgan fingerprint density at radius 3 is 3.13 bits per heavy atom. The Balaban J connectivity index is 2.03. The van der Waals surface area contributed by atoms with E-state index in [4.69, 9.17) is 10.5 Å². The largest absolute Gasteiger partial charge is 0.493 e. The number of hydrogen-bond acceptors (Lipinski definition) is 3. The second kappa shape index (κ2) is 4.64. The molecule has 3 nitrogen and oxygen atoms in total. The standard InChI is InChI=1S/C12H17NO2/c13-5-3-11(14)8-9-1-2-12-10(7-9)4-6-15-12/h1-2,7,11,14H,3-6,8,13H2. The quantitative estimate of drug-likeness (QED) is 0.770. The molecule has 1 aromatic rings. The lowest BCUT2D eigenvalue weighted by Gasteiger charge is -2.09. The van der Waals surface area contributed by atoms with Gasteiger partial charge < -0.3 is 15.6 Å². The van der Waals surface area contributed by atoms with Gasteiger partial charge in [0.15, 0.2) is 0 Å². The van der Waals surface area contributed by atoms with E-state index in [-0.39, 0.29) is 6.10 Å². The van der Waals surface area contributed by atoms with Crippen LogP contribution in [-0.4, -0.2) is 24.4 Å². The number of aliphatic hydroxyl groups excluding tert-OH is 1. The van der Waals surface area contributed by atoms with Crippen LogP contribution in [0.4, 0.5) is 0 Å². The van der Waals surface area contributed by atoms with Gasteiger partial charge in [0, 0.05) is 6.42 Å². The fraction of sp³-hybridized carbons (Fsp3) is 0.500. The predicted molar refractivity (Wildman–Crippen MR) is 59.0 cm³/mol. The molecule has 0 bridgehead atoms. The van der Waals surface area contributed by atoms with Gasteiger partial charge >= 0.3 is 0 Å². The summed E-state index contributed by atoms with van der Waals surface area (Å²) in [5, 5.41) is 9.64. The van der Waals surface area contributed by atoms with E-state index in [0.29, 0.717) is 19.4 Å². The molecule has 0 aromatic heterocycles.